The van der Waals surface area contributed by atoms with Crippen LogP contribution in [-0.2, 0) is 11.2 Å². The number of carbonyl (C=O) groups is 1. The first-order valence-corrected chi connectivity index (χ1v) is 6.75. The molecule has 1 amide bonds. The Morgan fingerprint density at radius 1 is 1.25 bits per heavy atom. The molecule has 0 fully saturated rings. The third-order valence-corrected chi connectivity index (χ3v) is 3.60. The molecule has 0 aliphatic rings. The summed E-state index contributed by atoms with van der Waals surface area (Å²) >= 11 is 11.7. The summed E-state index contributed by atoms with van der Waals surface area (Å²) < 4.78 is 0. The van der Waals surface area contributed by atoms with E-state index in [4.69, 9.17) is 23.2 Å². The van der Waals surface area contributed by atoms with Crippen LogP contribution in [0.4, 0.5) is 5.82 Å². The topological polar surface area (TPSA) is 54.9 Å². The summed E-state index contributed by atoms with van der Waals surface area (Å²) in [7, 11) is 0. The maximum Gasteiger partial charge on any atom is 0.229 e. The highest BCUT2D eigenvalue weighted by Gasteiger charge is 2.12. The van der Waals surface area contributed by atoms with Crippen molar-refractivity contribution in [1.29, 1.82) is 0 Å². The normalized spacial score (nSPS) is 10.4. The van der Waals surface area contributed by atoms with E-state index in [-0.39, 0.29) is 28.3 Å². The van der Waals surface area contributed by atoms with Crippen LogP contribution in [0.5, 0.6) is 0 Å². The van der Waals surface area contributed by atoms with Crippen molar-refractivity contribution in [1.82, 2.24) is 9.97 Å². The number of amides is 1. The smallest absolute Gasteiger partial charge is 0.229 e. The molecule has 4 nitrogen and oxygen atoms in total. The van der Waals surface area contributed by atoms with Crippen LogP contribution in [0, 0.1) is 13.8 Å². The number of carbonyl (C=O) groups excluding carboxylic acids is 1. The number of aromatic nitrogens is 2. The fourth-order valence-corrected chi connectivity index (χ4v) is 2.05. The van der Waals surface area contributed by atoms with Crippen LogP contribution in [0.1, 0.15) is 16.7 Å². The Kier molecular flexibility index (Phi) is 4.57. The highest BCUT2D eigenvalue weighted by Crippen LogP contribution is 2.25. The second-order valence-electron chi connectivity index (χ2n) is 4.48. The van der Waals surface area contributed by atoms with Crippen LogP contribution >= 0.6 is 23.2 Å². The van der Waals surface area contributed by atoms with E-state index in [1.807, 2.05) is 32.0 Å². The van der Waals surface area contributed by atoms with Crippen molar-refractivity contribution in [3.8, 4) is 0 Å². The van der Waals surface area contributed by atoms with Crippen LogP contribution in [0.3, 0.4) is 0 Å². The zero-order valence-corrected chi connectivity index (χ0v) is 12.6. The Balaban J connectivity index is 2.13. The van der Waals surface area contributed by atoms with E-state index in [0.29, 0.717) is 0 Å². The lowest BCUT2D eigenvalue weighted by atomic mass is 10.0. The molecule has 0 saturated carbocycles. The van der Waals surface area contributed by atoms with Crippen molar-refractivity contribution in [3.63, 3.8) is 0 Å². The van der Waals surface area contributed by atoms with Crippen molar-refractivity contribution in [3.05, 3.63) is 51.4 Å². The third kappa shape index (κ3) is 3.46. The van der Waals surface area contributed by atoms with Gasteiger partial charge in [-0.3, -0.25) is 4.79 Å². The molecule has 1 aromatic heterocycles. The number of halogens is 2. The Hall–Kier alpha value is -1.65. The maximum absolute atomic E-state index is 12.0. The predicted octanol–water partition coefficient (Wildman–Crippen LogP) is 3.58. The van der Waals surface area contributed by atoms with Crippen LogP contribution in [0.25, 0.3) is 0 Å². The summed E-state index contributed by atoms with van der Waals surface area (Å²) in [5.74, 6) is 0.0253. The summed E-state index contributed by atoms with van der Waals surface area (Å²) in [5, 5.41) is 2.90. The molecule has 1 N–H and O–H groups in total. The number of benzene rings is 1. The lowest BCUT2D eigenvalue weighted by Gasteiger charge is -2.09. The molecule has 104 valence electrons. The van der Waals surface area contributed by atoms with Gasteiger partial charge in [0.05, 0.1) is 6.42 Å². The quantitative estimate of drug-likeness (QED) is 0.882. The first kappa shape index (κ1) is 14.8. The van der Waals surface area contributed by atoms with Gasteiger partial charge >= 0.3 is 0 Å². The first-order chi connectivity index (χ1) is 9.47. The summed E-state index contributed by atoms with van der Waals surface area (Å²) in [6, 6.07) is 5.99. The molecule has 0 unspecified atom stereocenters. The molecule has 0 aliphatic heterocycles. The van der Waals surface area contributed by atoms with Crippen molar-refractivity contribution < 1.29 is 4.79 Å². The van der Waals surface area contributed by atoms with Crippen LogP contribution in [0.15, 0.2) is 24.5 Å². The van der Waals surface area contributed by atoms with Crippen molar-refractivity contribution in [2.24, 2.45) is 0 Å². The second-order valence-corrected chi connectivity index (χ2v) is 5.22. The summed E-state index contributed by atoms with van der Waals surface area (Å²) in [6.07, 6.45) is 1.51. The van der Waals surface area contributed by atoms with E-state index in [1.54, 1.807) is 0 Å². The molecular formula is C14H13Cl2N3O. The molecule has 2 aromatic rings. The van der Waals surface area contributed by atoms with Crippen molar-refractivity contribution in [2.45, 2.75) is 20.3 Å². The van der Waals surface area contributed by atoms with E-state index in [1.165, 1.54) is 6.33 Å². The van der Waals surface area contributed by atoms with Gasteiger partial charge in [-0.2, -0.15) is 0 Å². The zero-order valence-electron chi connectivity index (χ0n) is 11.1. The molecule has 0 saturated heterocycles. The standard InChI is InChI=1S/C14H13Cl2N3O/c1-8-3-4-9(2)10(5-8)6-11(20)19-14-12(15)13(16)17-7-18-14/h3-5,7H,6H2,1-2H3,(H,17,18,19,20). The van der Waals surface area contributed by atoms with E-state index in [0.717, 1.165) is 16.7 Å². The number of aryl methyl sites for hydroxylation is 2. The van der Waals surface area contributed by atoms with Crippen molar-refractivity contribution in [2.75, 3.05) is 5.32 Å². The monoisotopic (exact) mass is 309 g/mol. The fraction of sp³-hybridized carbons (Fsp3) is 0.214. The van der Waals surface area contributed by atoms with E-state index < -0.39 is 0 Å². The number of hydrogen-bond acceptors (Lipinski definition) is 3. The lowest BCUT2D eigenvalue weighted by Crippen LogP contribution is -2.16. The Labute approximate surface area is 127 Å². The molecule has 20 heavy (non-hydrogen) atoms. The average Bonchev–Trinajstić information content (AvgIpc) is 2.39. The Bertz CT molecular complexity index is 653. The first-order valence-electron chi connectivity index (χ1n) is 5.99. The van der Waals surface area contributed by atoms with Gasteiger partial charge in [-0.05, 0) is 25.0 Å². The molecule has 0 bridgehead atoms. The van der Waals surface area contributed by atoms with Crippen LogP contribution in [0.2, 0.25) is 10.2 Å². The van der Waals surface area contributed by atoms with E-state index in [9.17, 15) is 4.79 Å². The molecular weight excluding hydrogens is 297 g/mol. The zero-order chi connectivity index (χ0) is 14.7. The average molecular weight is 310 g/mol. The van der Waals surface area contributed by atoms with Gasteiger partial charge in [0.2, 0.25) is 5.91 Å². The molecule has 2 rings (SSSR count). The molecule has 0 aliphatic carbocycles. The number of nitrogens with one attached hydrogen (secondary N) is 1. The maximum atomic E-state index is 12.0. The summed E-state index contributed by atoms with van der Waals surface area (Å²) in [5.41, 5.74) is 3.15. The number of nitrogens with zero attached hydrogens (tertiary/aromatic N) is 2. The number of hydrogen-bond donors (Lipinski definition) is 1. The minimum atomic E-state index is -0.199. The van der Waals surface area contributed by atoms with E-state index >= 15 is 0 Å². The Morgan fingerprint density at radius 2 is 2.00 bits per heavy atom. The fourth-order valence-electron chi connectivity index (χ4n) is 1.78. The van der Waals surface area contributed by atoms with Gasteiger partial charge in [0.15, 0.2) is 11.0 Å². The molecule has 0 atom stereocenters. The number of anilines is 1. The van der Waals surface area contributed by atoms with Gasteiger partial charge in [0.25, 0.3) is 0 Å². The predicted molar refractivity (Wildman–Crippen MR) is 80.3 cm³/mol. The molecule has 0 radical (unpaired) electrons. The van der Waals surface area contributed by atoms with Crippen LogP contribution in [-0.4, -0.2) is 15.9 Å². The minimum Gasteiger partial charge on any atom is -0.309 e. The second kappa shape index (κ2) is 6.20. The number of rotatable bonds is 3. The van der Waals surface area contributed by atoms with Gasteiger partial charge in [0.1, 0.15) is 11.3 Å². The van der Waals surface area contributed by atoms with Gasteiger partial charge in [-0.1, -0.05) is 47.0 Å². The van der Waals surface area contributed by atoms with Gasteiger partial charge in [-0.15, -0.1) is 0 Å². The highest BCUT2D eigenvalue weighted by molar-refractivity contribution is 6.42. The minimum absolute atomic E-state index is 0.115. The molecule has 0 spiro atoms. The van der Waals surface area contributed by atoms with Crippen molar-refractivity contribution >= 4 is 34.9 Å². The van der Waals surface area contributed by atoms with Gasteiger partial charge in [-0.25, -0.2) is 9.97 Å². The van der Waals surface area contributed by atoms with Gasteiger partial charge in [0, 0.05) is 0 Å². The Morgan fingerprint density at radius 3 is 2.75 bits per heavy atom. The highest BCUT2D eigenvalue weighted by atomic mass is 35.5. The summed E-state index contributed by atoms with van der Waals surface area (Å²) in [6.45, 7) is 3.96. The lowest BCUT2D eigenvalue weighted by molar-refractivity contribution is -0.115. The molecule has 1 heterocycles. The van der Waals surface area contributed by atoms with E-state index in [2.05, 4.69) is 15.3 Å². The SMILES string of the molecule is Cc1ccc(C)c(CC(=O)Nc2ncnc(Cl)c2Cl)c1. The summed E-state index contributed by atoms with van der Waals surface area (Å²) in [4.78, 5) is 19.7. The molecule has 1 aromatic carbocycles. The van der Waals surface area contributed by atoms with Gasteiger partial charge < -0.3 is 5.32 Å². The molecule has 6 heteroatoms. The largest absolute Gasteiger partial charge is 0.309 e. The third-order valence-electron chi connectivity index (χ3n) is 2.86. The van der Waals surface area contributed by atoms with Crippen LogP contribution < -0.4 is 5.32 Å².